The monoisotopic (exact) mass is 366 g/mol. The normalized spacial score (nSPS) is 18.3. The summed E-state index contributed by atoms with van der Waals surface area (Å²) in [7, 11) is 0. The van der Waals surface area contributed by atoms with Gasteiger partial charge < -0.3 is 20.0 Å². The van der Waals surface area contributed by atoms with Gasteiger partial charge in [0.2, 0.25) is 0 Å². The van der Waals surface area contributed by atoms with E-state index < -0.39 is 5.60 Å². The molecular formula is C21H22N2O4. The van der Waals surface area contributed by atoms with E-state index in [9.17, 15) is 19.8 Å². The van der Waals surface area contributed by atoms with Gasteiger partial charge in [-0.2, -0.15) is 0 Å². The third-order valence-electron chi connectivity index (χ3n) is 5.29. The second-order valence-electron chi connectivity index (χ2n) is 7.24. The Morgan fingerprint density at radius 3 is 2.07 bits per heavy atom. The molecule has 0 unspecified atom stereocenters. The van der Waals surface area contributed by atoms with Gasteiger partial charge in [-0.25, -0.2) is 0 Å². The molecule has 2 fully saturated rings. The molecule has 2 aromatic rings. The molecule has 0 aromatic heterocycles. The lowest BCUT2D eigenvalue weighted by Gasteiger charge is -2.35. The Morgan fingerprint density at radius 1 is 0.852 bits per heavy atom. The van der Waals surface area contributed by atoms with Gasteiger partial charge in [-0.1, -0.05) is 24.3 Å². The van der Waals surface area contributed by atoms with Crippen molar-refractivity contribution in [3.63, 3.8) is 0 Å². The summed E-state index contributed by atoms with van der Waals surface area (Å²) in [6, 6.07) is 14.3. The number of hydrogen-bond acceptors (Lipinski definition) is 4. The van der Waals surface area contributed by atoms with Crippen molar-refractivity contribution in [2.75, 3.05) is 26.2 Å². The molecule has 0 bridgehead atoms. The van der Waals surface area contributed by atoms with Crippen LogP contribution in [-0.4, -0.2) is 63.6 Å². The van der Waals surface area contributed by atoms with Gasteiger partial charge in [0.05, 0.1) is 0 Å². The number of benzene rings is 2. The van der Waals surface area contributed by atoms with Crippen LogP contribution in [0.25, 0.3) is 11.1 Å². The number of carbonyl (C=O) groups excluding carboxylic acids is 2. The first-order valence-electron chi connectivity index (χ1n) is 9.17. The molecule has 27 heavy (non-hydrogen) atoms. The number of phenols is 1. The third-order valence-corrected chi connectivity index (χ3v) is 5.29. The molecule has 1 aliphatic carbocycles. The van der Waals surface area contributed by atoms with E-state index in [1.807, 2.05) is 18.2 Å². The number of carbonyl (C=O) groups is 2. The smallest absolute Gasteiger partial charge is 0.254 e. The van der Waals surface area contributed by atoms with E-state index in [-0.39, 0.29) is 17.6 Å². The van der Waals surface area contributed by atoms with Crippen LogP contribution in [0.1, 0.15) is 23.2 Å². The highest BCUT2D eigenvalue weighted by molar-refractivity contribution is 5.95. The van der Waals surface area contributed by atoms with E-state index in [1.54, 1.807) is 40.1 Å². The molecule has 1 aliphatic heterocycles. The predicted molar refractivity (Wildman–Crippen MR) is 100 cm³/mol. The van der Waals surface area contributed by atoms with Crippen LogP contribution >= 0.6 is 0 Å². The highest BCUT2D eigenvalue weighted by Gasteiger charge is 2.50. The largest absolute Gasteiger partial charge is 0.508 e. The van der Waals surface area contributed by atoms with Gasteiger partial charge in [0, 0.05) is 31.7 Å². The van der Waals surface area contributed by atoms with Crippen molar-refractivity contribution in [2.45, 2.75) is 18.4 Å². The summed E-state index contributed by atoms with van der Waals surface area (Å²) < 4.78 is 0. The number of aromatic hydroxyl groups is 1. The predicted octanol–water partition coefficient (Wildman–Crippen LogP) is 1.87. The van der Waals surface area contributed by atoms with E-state index in [0.717, 1.165) is 11.1 Å². The van der Waals surface area contributed by atoms with Crippen molar-refractivity contribution in [3.05, 3.63) is 54.1 Å². The quantitative estimate of drug-likeness (QED) is 0.869. The molecule has 2 aliphatic rings. The van der Waals surface area contributed by atoms with Crippen LogP contribution in [0.2, 0.25) is 0 Å². The van der Waals surface area contributed by atoms with Gasteiger partial charge in [0.1, 0.15) is 11.4 Å². The zero-order valence-electron chi connectivity index (χ0n) is 15.0. The Labute approximate surface area is 157 Å². The molecule has 2 aromatic carbocycles. The molecule has 0 spiro atoms. The lowest BCUT2D eigenvalue weighted by atomic mass is 10.0. The third kappa shape index (κ3) is 3.53. The summed E-state index contributed by atoms with van der Waals surface area (Å²) in [5.41, 5.74) is 1.27. The molecule has 6 heteroatoms. The van der Waals surface area contributed by atoms with Gasteiger partial charge in [0.25, 0.3) is 11.8 Å². The summed E-state index contributed by atoms with van der Waals surface area (Å²) in [5, 5.41) is 19.5. The summed E-state index contributed by atoms with van der Waals surface area (Å²) in [6.07, 6.45) is 1.08. The fourth-order valence-electron chi connectivity index (χ4n) is 3.41. The molecule has 2 N–H and O–H groups in total. The maximum Gasteiger partial charge on any atom is 0.254 e. The minimum Gasteiger partial charge on any atom is -0.508 e. The molecular weight excluding hydrogens is 344 g/mol. The average molecular weight is 366 g/mol. The van der Waals surface area contributed by atoms with Crippen molar-refractivity contribution in [1.29, 1.82) is 0 Å². The van der Waals surface area contributed by atoms with Crippen molar-refractivity contribution in [1.82, 2.24) is 9.80 Å². The molecule has 6 nitrogen and oxygen atoms in total. The molecule has 140 valence electrons. The van der Waals surface area contributed by atoms with Crippen LogP contribution in [0, 0.1) is 0 Å². The fraction of sp³-hybridized carbons (Fsp3) is 0.333. The van der Waals surface area contributed by atoms with Gasteiger partial charge >= 0.3 is 0 Å². The van der Waals surface area contributed by atoms with Gasteiger partial charge in [0.15, 0.2) is 0 Å². The van der Waals surface area contributed by atoms with Crippen LogP contribution in [0.3, 0.4) is 0 Å². The highest BCUT2D eigenvalue weighted by atomic mass is 16.3. The number of rotatable bonds is 3. The number of piperazine rings is 1. The van der Waals surface area contributed by atoms with Crippen molar-refractivity contribution in [2.24, 2.45) is 0 Å². The number of hydrogen-bond donors (Lipinski definition) is 2. The second kappa shape index (κ2) is 6.70. The molecule has 4 rings (SSSR count). The topological polar surface area (TPSA) is 81.1 Å². The average Bonchev–Trinajstić information content (AvgIpc) is 3.46. The molecule has 0 atom stereocenters. The Hall–Kier alpha value is -2.86. The number of amides is 2. The Morgan fingerprint density at radius 2 is 1.48 bits per heavy atom. The van der Waals surface area contributed by atoms with Crippen molar-refractivity contribution in [3.8, 4) is 16.9 Å². The molecule has 1 heterocycles. The minimum atomic E-state index is -1.14. The number of aliphatic hydroxyl groups is 1. The van der Waals surface area contributed by atoms with Crippen LogP contribution in [0.15, 0.2) is 48.5 Å². The standard InChI is InChI=1S/C21H22N2O4/c24-18-3-1-2-17(14-18)15-4-6-16(7-5-15)19(25)22-10-12-23(13-11-22)20(26)21(27)8-9-21/h1-7,14,24,27H,8-13H2. The van der Waals surface area contributed by atoms with E-state index in [2.05, 4.69) is 0 Å². The van der Waals surface area contributed by atoms with E-state index in [0.29, 0.717) is 44.6 Å². The van der Waals surface area contributed by atoms with Crippen LogP contribution < -0.4 is 0 Å². The summed E-state index contributed by atoms with van der Waals surface area (Å²) in [4.78, 5) is 28.3. The van der Waals surface area contributed by atoms with Crippen LogP contribution in [0.5, 0.6) is 5.75 Å². The molecule has 2 amide bonds. The lowest BCUT2D eigenvalue weighted by molar-refractivity contribution is -0.143. The maximum absolute atomic E-state index is 12.7. The summed E-state index contributed by atoms with van der Waals surface area (Å²) in [6.45, 7) is 1.84. The SMILES string of the molecule is O=C(c1ccc(-c2cccc(O)c2)cc1)N1CCN(C(=O)C2(O)CC2)CC1. The second-order valence-corrected chi connectivity index (χ2v) is 7.24. The first-order chi connectivity index (χ1) is 13.0. The maximum atomic E-state index is 12.7. The van der Waals surface area contributed by atoms with Crippen molar-refractivity contribution >= 4 is 11.8 Å². The van der Waals surface area contributed by atoms with E-state index in [1.165, 1.54) is 0 Å². The van der Waals surface area contributed by atoms with E-state index >= 15 is 0 Å². The Kier molecular flexibility index (Phi) is 4.36. The molecule has 1 saturated heterocycles. The molecule has 1 saturated carbocycles. The number of phenolic OH excluding ortho intramolecular Hbond substituents is 1. The first-order valence-corrected chi connectivity index (χ1v) is 9.17. The highest BCUT2D eigenvalue weighted by Crippen LogP contribution is 2.37. The molecule has 0 radical (unpaired) electrons. The van der Waals surface area contributed by atoms with Crippen LogP contribution in [0.4, 0.5) is 0 Å². The van der Waals surface area contributed by atoms with Crippen molar-refractivity contribution < 1.29 is 19.8 Å². The van der Waals surface area contributed by atoms with Gasteiger partial charge in [-0.15, -0.1) is 0 Å². The fourth-order valence-corrected chi connectivity index (χ4v) is 3.41. The number of nitrogens with zero attached hydrogens (tertiary/aromatic N) is 2. The van der Waals surface area contributed by atoms with E-state index in [4.69, 9.17) is 0 Å². The Bertz CT molecular complexity index is 866. The lowest BCUT2D eigenvalue weighted by Crippen LogP contribution is -2.53. The summed E-state index contributed by atoms with van der Waals surface area (Å²) in [5.74, 6) is -0.0596. The first kappa shape index (κ1) is 17.5. The van der Waals surface area contributed by atoms with Crippen LogP contribution in [-0.2, 0) is 4.79 Å². The van der Waals surface area contributed by atoms with Gasteiger partial charge in [-0.05, 0) is 48.2 Å². The minimum absolute atomic E-state index is 0.0605. The summed E-state index contributed by atoms with van der Waals surface area (Å²) >= 11 is 0. The Balaban J connectivity index is 1.39. The zero-order chi connectivity index (χ0) is 19.0. The zero-order valence-corrected chi connectivity index (χ0v) is 15.0. The van der Waals surface area contributed by atoms with Gasteiger partial charge in [-0.3, -0.25) is 9.59 Å².